The summed E-state index contributed by atoms with van der Waals surface area (Å²) in [5, 5.41) is 11.5. The quantitative estimate of drug-likeness (QED) is 0.335. The van der Waals surface area contributed by atoms with Gasteiger partial charge in [-0.25, -0.2) is 0 Å². The highest BCUT2D eigenvalue weighted by atomic mass is 35.5. The number of benzene rings is 2. The van der Waals surface area contributed by atoms with Gasteiger partial charge in [0, 0.05) is 10.6 Å². The lowest BCUT2D eigenvalue weighted by Crippen LogP contribution is -2.29. The Hall–Kier alpha value is -3.51. The van der Waals surface area contributed by atoms with Crippen molar-refractivity contribution in [2.24, 2.45) is 0 Å². The Morgan fingerprint density at radius 1 is 1.13 bits per heavy atom. The second kappa shape index (κ2) is 8.70. The van der Waals surface area contributed by atoms with Gasteiger partial charge in [0.15, 0.2) is 0 Å². The van der Waals surface area contributed by atoms with Crippen molar-refractivity contribution in [2.75, 3.05) is 6.61 Å². The Labute approximate surface area is 184 Å². The number of amides is 1. The van der Waals surface area contributed by atoms with Crippen LogP contribution in [0.25, 0.3) is 5.76 Å². The summed E-state index contributed by atoms with van der Waals surface area (Å²) in [6.45, 7) is 2.42. The number of Topliss-reactive ketones (excluding diaryl/α,β-unsaturated/α-hetero) is 1. The third-order valence-electron chi connectivity index (χ3n) is 5.03. The summed E-state index contributed by atoms with van der Waals surface area (Å²) in [4.78, 5) is 27.4. The van der Waals surface area contributed by atoms with Crippen LogP contribution < -0.4 is 4.74 Å². The van der Waals surface area contributed by atoms with Gasteiger partial charge in [-0.15, -0.1) is 0 Å². The number of ether oxygens (including phenoxy) is 1. The van der Waals surface area contributed by atoms with Crippen LogP contribution in [0.15, 0.2) is 76.9 Å². The van der Waals surface area contributed by atoms with E-state index in [1.807, 2.05) is 6.92 Å². The number of halogens is 1. The van der Waals surface area contributed by atoms with Gasteiger partial charge in [0.05, 0.1) is 31.0 Å². The molecule has 1 amide bonds. The molecule has 0 aliphatic carbocycles. The molecule has 1 N–H and O–H groups in total. The Balaban J connectivity index is 1.87. The second-order valence-electron chi connectivity index (χ2n) is 7.02. The lowest BCUT2D eigenvalue weighted by atomic mass is 9.95. The van der Waals surface area contributed by atoms with Gasteiger partial charge >= 0.3 is 0 Å². The molecular weight excluding hydrogens is 418 g/mol. The number of hydrogen-bond acceptors (Lipinski definition) is 5. The third kappa shape index (κ3) is 4.07. The van der Waals surface area contributed by atoms with E-state index in [2.05, 4.69) is 0 Å². The first-order chi connectivity index (χ1) is 15.0. The van der Waals surface area contributed by atoms with Crippen molar-refractivity contribution < 1.29 is 23.8 Å². The van der Waals surface area contributed by atoms with Gasteiger partial charge in [0.2, 0.25) is 0 Å². The highest BCUT2D eigenvalue weighted by molar-refractivity contribution is 6.46. The fourth-order valence-corrected chi connectivity index (χ4v) is 3.88. The molecule has 0 bridgehead atoms. The summed E-state index contributed by atoms with van der Waals surface area (Å²) in [7, 11) is 0. The molecule has 0 spiro atoms. The van der Waals surface area contributed by atoms with Crippen LogP contribution in [0.2, 0.25) is 5.02 Å². The maximum absolute atomic E-state index is 13.0. The molecule has 4 rings (SSSR count). The minimum absolute atomic E-state index is 0.00697. The average molecular weight is 438 g/mol. The molecule has 1 unspecified atom stereocenters. The maximum atomic E-state index is 13.0. The third-order valence-corrected chi connectivity index (χ3v) is 5.26. The SMILES string of the molecule is CCOc1cccc(C2/C(=C(/O)c3cccc(Cl)c3)C(=O)C(=O)N2Cc2ccco2)c1. The monoisotopic (exact) mass is 437 g/mol. The van der Waals surface area contributed by atoms with Crippen LogP contribution in [-0.2, 0) is 16.1 Å². The zero-order valence-corrected chi connectivity index (χ0v) is 17.5. The van der Waals surface area contributed by atoms with E-state index in [1.165, 1.54) is 11.2 Å². The van der Waals surface area contributed by atoms with Crippen molar-refractivity contribution in [3.05, 3.63) is 94.4 Å². The van der Waals surface area contributed by atoms with Gasteiger partial charge in [0.25, 0.3) is 11.7 Å². The molecular formula is C24H20ClNO5. The number of furan rings is 1. The molecule has 1 atom stereocenters. The van der Waals surface area contributed by atoms with Crippen molar-refractivity contribution in [3.63, 3.8) is 0 Å². The van der Waals surface area contributed by atoms with Crippen LogP contribution in [0.1, 0.15) is 29.9 Å². The molecule has 2 aromatic carbocycles. The van der Waals surface area contributed by atoms with E-state index in [1.54, 1.807) is 60.7 Å². The molecule has 0 saturated carbocycles. The van der Waals surface area contributed by atoms with E-state index in [9.17, 15) is 14.7 Å². The van der Waals surface area contributed by atoms with Crippen molar-refractivity contribution >= 4 is 29.1 Å². The average Bonchev–Trinajstić information content (AvgIpc) is 3.36. The van der Waals surface area contributed by atoms with Crippen LogP contribution in [0.4, 0.5) is 0 Å². The first-order valence-corrected chi connectivity index (χ1v) is 10.2. The zero-order chi connectivity index (χ0) is 22.0. The van der Waals surface area contributed by atoms with Crippen LogP contribution in [0.3, 0.4) is 0 Å². The highest BCUT2D eigenvalue weighted by Gasteiger charge is 2.46. The smallest absolute Gasteiger partial charge is 0.296 e. The number of aliphatic hydroxyl groups is 1. The molecule has 2 heterocycles. The highest BCUT2D eigenvalue weighted by Crippen LogP contribution is 2.41. The fraction of sp³-hybridized carbons (Fsp3) is 0.167. The van der Waals surface area contributed by atoms with Crippen LogP contribution in [0, 0.1) is 0 Å². The van der Waals surface area contributed by atoms with Gasteiger partial charge < -0.3 is 19.2 Å². The summed E-state index contributed by atoms with van der Waals surface area (Å²) >= 11 is 6.07. The number of carbonyl (C=O) groups excluding carboxylic acids is 2. The van der Waals surface area contributed by atoms with Crippen LogP contribution in [-0.4, -0.2) is 28.3 Å². The van der Waals surface area contributed by atoms with E-state index in [-0.39, 0.29) is 17.9 Å². The molecule has 1 aliphatic rings. The molecule has 1 fully saturated rings. The van der Waals surface area contributed by atoms with E-state index in [4.69, 9.17) is 20.8 Å². The van der Waals surface area contributed by atoms with Gasteiger partial charge in [-0.2, -0.15) is 0 Å². The summed E-state index contributed by atoms with van der Waals surface area (Å²) < 4.78 is 11.0. The summed E-state index contributed by atoms with van der Waals surface area (Å²) in [6.07, 6.45) is 1.50. The first kappa shape index (κ1) is 20.8. The zero-order valence-electron chi connectivity index (χ0n) is 16.7. The summed E-state index contributed by atoms with van der Waals surface area (Å²) in [5.41, 5.74) is 0.988. The lowest BCUT2D eigenvalue weighted by Gasteiger charge is -2.25. The Morgan fingerprint density at radius 2 is 1.94 bits per heavy atom. The van der Waals surface area contributed by atoms with Crippen LogP contribution in [0.5, 0.6) is 5.75 Å². The number of carbonyl (C=O) groups is 2. The number of nitrogens with zero attached hydrogens (tertiary/aromatic N) is 1. The fourth-order valence-electron chi connectivity index (χ4n) is 3.69. The van der Waals surface area contributed by atoms with E-state index < -0.39 is 17.7 Å². The van der Waals surface area contributed by atoms with Crippen LogP contribution >= 0.6 is 11.6 Å². The Morgan fingerprint density at radius 3 is 2.65 bits per heavy atom. The topological polar surface area (TPSA) is 80.0 Å². The molecule has 3 aromatic rings. The Bertz CT molecular complexity index is 1150. The van der Waals surface area contributed by atoms with E-state index in [0.717, 1.165) is 0 Å². The van der Waals surface area contributed by atoms with E-state index >= 15 is 0 Å². The molecule has 1 aromatic heterocycles. The maximum Gasteiger partial charge on any atom is 0.296 e. The first-order valence-electron chi connectivity index (χ1n) is 9.79. The van der Waals surface area contributed by atoms with Gasteiger partial charge in [-0.1, -0.05) is 35.9 Å². The minimum Gasteiger partial charge on any atom is -0.507 e. The van der Waals surface area contributed by atoms with E-state index in [0.29, 0.717) is 34.3 Å². The van der Waals surface area contributed by atoms with Gasteiger partial charge in [-0.05, 0) is 48.9 Å². The molecule has 1 saturated heterocycles. The molecule has 158 valence electrons. The molecule has 0 radical (unpaired) electrons. The van der Waals surface area contributed by atoms with Crippen molar-refractivity contribution in [1.29, 1.82) is 0 Å². The lowest BCUT2D eigenvalue weighted by molar-refractivity contribution is -0.140. The number of rotatable bonds is 6. The number of ketones is 1. The molecule has 7 heteroatoms. The van der Waals surface area contributed by atoms with Gasteiger partial charge in [-0.3, -0.25) is 9.59 Å². The summed E-state index contributed by atoms with van der Waals surface area (Å²) in [6, 6.07) is 16.3. The molecule has 6 nitrogen and oxygen atoms in total. The summed E-state index contributed by atoms with van der Waals surface area (Å²) in [5.74, 6) is -0.640. The van der Waals surface area contributed by atoms with Crippen molar-refractivity contribution in [3.8, 4) is 5.75 Å². The number of likely N-dealkylation sites (tertiary alicyclic amines) is 1. The molecule has 31 heavy (non-hydrogen) atoms. The Kier molecular flexibility index (Phi) is 5.82. The van der Waals surface area contributed by atoms with Gasteiger partial charge in [0.1, 0.15) is 17.3 Å². The normalized spacial score (nSPS) is 17.9. The predicted octanol–water partition coefficient (Wildman–Crippen LogP) is 4.95. The standard InChI is InChI=1S/C24H20ClNO5/c1-2-30-18-9-4-6-15(13-18)21-20(22(27)16-7-3-8-17(25)12-16)23(28)24(29)26(21)14-19-10-5-11-31-19/h3-13,21,27H,2,14H2,1H3/b22-20-. The second-order valence-corrected chi connectivity index (χ2v) is 7.46. The van der Waals surface area contributed by atoms with Crippen molar-refractivity contribution in [2.45, 2.75) is 19.5 Å². The predicted molar refractivity (Wildman–Crippen MR) is 116 cm³/mol. The number of aliphatic hydroxyl groups excluding tert-OH is 1. The molecule has 1 aliphatic heterocycles. The van der Waals surface area contributed by atoms with Crippen molar-refractivity contribution in [1.82, 2.24) is 4.90 Å². The number of hydrogen-bond donors (Lipinski definition) is 1. The largest absolute Gasteiger partial charge is 0.507 e. The minimum atomic E-state index is -0.815.